The van der Waals surface area contributed by atoms with Gasteiger partial charge in [-0.05, 0) is 50.6 Å². The molecule has 28 heavy (non-hydrogen) atoms. The molecule has 0 spiro atoms. The Morgan fingerprint density at radius 1 is 1.25 bits per heavy atom. The number of ether oxygens (including phenoxy) is 2. The molecule has 5 heteroatoms. The van der Waals surface area contributed by atoms with Crippen molar-refractivity contribution in [2.24, 2.45) is 5.10 Å². The molecule has 0 aromatic heterocycles. The fourth-order valence-electron chi connectivity index (χ4n) is 2.93. The number of benzene rings is 2. The lowest BCUT2D eigenvalue weighted by atomic mass is 9.93. The van der Waals surface area contributed by atoms with Crippen molar-refractivity contribution in [2.75, 3.05) is 18.7 Å². The first-order valence-electron chi connectivity index (χ1n) is 9.31. The summed E-state index contributed by atoms with van der Waals surface area (Å²) in [4.78, 5) is 12.6. The van der Waals surface area contributed by atoms with Crippen molar-refractivity contribution in [1.82, 2.24) is 0 Å². The van der Waals surface area contributed by atoms with Crippen LogP contribution in [0.15, 0.2) is 66.4 Å². The van der Waals surface area contributed by atoms with E-state index in [9.17, 15) is 4.79 Å². The van der Waals surface area contributed by atoms with Crippen LogP contribution in [-0.4, -0.2) is 25.4 Å². The number of carbonyl (C=O) groups excluding carboxylic acids is 1. The number of esters is 1. The van der Waals surface area contributed by atoms with E-state index in [1.54, 1.807) is 18.3 Å². The van der Waals surface area contributed by atoms with Gasteiger partial charge < -0.3 is 9.47 Å². The zero-order valence-corrected chi connectivity index (χ0v) is 17.0. The predicted octanol–water partition coefficient (Wildman–Crippen LogP) is 5.07. The molecule has 1 atom stereocenters. The molecule has 2 aromatic carbocycles. The van der Waals surface area contributed by atoms with Crippen LogP contribution in [-0.2, 0) is 9.53 Å². The van der Waals surface area contributed by atoms with Gasteiger partial charge in [0.2, 0.25) is 0 Å². The van der Waals surface area contributed by atoms with Crippen molar-refractivity contribution in [3.05, 3.63) is 72.4 Å². The zero-order chi connectivity index (χ0) is 20.5. The number of hydrogen-bond donors (Lipinski definition) is 0. The molecule has 148 valence electrons. The Bertz CT molecular complexity index is 828. The number of rotatable bonds is 9. The van der Waals surface area contributed by atoms with E-state index in [1.165, 1.54) is 0 Å². The van der Waals surface area contributed by atoms with Crippen molar-refractivity contribution in [3.63, 3.8) is 0 Å². The largest absolute Gasteiger partial charge is 0.497 e. The summed E-state index contributed by atoms with van der Waals surface area (Å²) in [6.45, 7) is 9.92. The van der Waals surface area contributed by atoms with Gasteiger partial charge >= 0.3 is 5.97 Å². The molecular formula is C23H28N2O3. The Morgan fingerprint density at radius 3 is 2.54 bits per heavy atom. The Kier molecular flexibility index (Phi) is 7.81. The summed E-state index contributed by atoms with van der Waals surface area (Å²) in [5.74, 6) is 0.138. The van der Waals surface area contributed by atoms with Gasteiger partial charge in [-0.25, -0.2) is 5.01 Å². The number of methoxy groups -OCH3 is 1. The molecule has 5 nitrogen and oxygen atoms in total. The minimum atomic E-state index is -0.397. The lowest BCUT2D eigenvalue weighted by Crippen LogP contribution is -2.20. The highest BCUT2D eigenvalue weighted by molar-refractivity contribution is 5.90. The molecule has 0 saturated carbocycles. The number of nitrogens with zero attached hydrogens (tertiary/aromatic N) is 2. The van der Waals surface area contributed by atoms with Gasteiger partial charge in [0.25, 0.3) is 0 Å². The lowest BCUT2D eigenvalue weighted by molar-refractivity contribution is -0.144. The minimum Gasteiger partial charge on any atom is -0.497 e. The lowest BCUT2D eigenvalue weighted by Gasteiger charge is -2.19. The number of anilines is 1. The van der Waals surface area contributed by atoms with Crippen LogP contribution >= 0.6 is 0 Å². The third kappa shape index (κ3) is 5.71. The van der Waals surface area contributed by atoms with Crippen LogP contribution < -0.4 is 9.75 Å². The topological polar surface area (TPSA) is 51.1 Å². The van der Waals surface area contributed by atoms with Gasteiger partial charge in [-0.3, -0.25) is 4.79 Å². The highest BCUT2D eigenvalue weighted by Crippen LogP contribution is 2.25. The maximum absolute atomic E-state index is 12.6. The summed E-state index contributed by atoms with van der Waals surface area (Å²) in [5.41, 5.74) is 3.70. The average molecular weight is 380 g/mol. The second-order valence-corrected chi connectivity index (χ2v) is 6.48. The third-order valence-corrected chi connectivity index (χ3v) is 4.30. The summed E-state index contributed by atoms with van der Waals surface area (Å²) in [7, 11) is 1.63. The molecule has 0 aliphatic heterocycles. The van der Waals surface area contributed by atoms with Crippen LogP contribution in [0.25, 0.3) is 0 Å². The monoisotopic (exact) mass is 380 g/mol. The molecule has 0 fully saturated rings. The summed E-state index contributed by atoms with van der Waals surface area (Å²) in [6, 6.07) is 15.5. The average Bonchev–Trinajstić information content (AvgIpc) is 2.70. The predicted molar refractivity (Wildman–Crippen MR) is 114 cm³/mol. The maximum atomic E-state index is 12.6. The first-order valence-corrected chi connectivity index (χ1v) is 9.31. The van der Waals surface area contributed by atoms with E-state index in [-0.39, 0.29) is 5.97 Å². The zero-order valence-electron chi connectivity index (χ0n) is 17.0. The van der Waals surface area contributed by atoms with Crippen LogP contribution in [0.2, 0.25) is 0 Å². The smallest absolute Gasteiger partial charge is 0.313 e. The van der Waals surface area contributed by atoms with E-state index in [0.717, 1.165) is 28.3 Å². The molecule has 0 heterocycles. The maximum Gasteiger partial charge on any atom is 0.313 e. The van der Waals surface area contributed by atoms with E-state index in [0.29, 0.717) is 13.0 Å². The molecule has 0 amide bonds. The van der Waals surface area contributed by atoms with Crippen LogP contribution in [0, 0.1) is 6.92 Å². The summed E-state index contributed by atoms with van der Waals surface area (Å²) in [6.07, 6.45) is 2.10. The van der Waals surface area contributed by atoms with Crippen LogP contribution in [0.1, 0.15) is 37.3 Å². The SMILES string of the molecule is C=CN(/N=C(\C)CC(C(=O)OCC)c1cccc(C)c1)c1ccc(OC)cc1. The third-order valence-electron chi connectivity index (χ3n) is 4.30. The standard InChI is InChI=1S/C23H28N2O3/c1-6-25(20-11-13-21(27-5)14-12-20)24-18(4)16-22(23(26)28-7-2)19-10-8-9-17(3)15-19/h6,8-15,22H,1,7,16H2,2-5H3/b24-18+. The van der Waals surface area contributed by atoms with Crippen molar-refractivity contribution >= 4 is 17.4 Å². The second-order valence-electron chi connectivity index (χ2n) is 6.48. The van der Waals surface area contributed by atoms with Gasteiger partial charge in [-0.15, -0.1) is 0 Å². The van der Waals surface area contributed by atoms with E-state index >= 15 is 0 Å². The summed E-state index contributed by atoms with van der Waals surface area (Å²) < 4.78 is 10.5. The number of hydrazone groups is 1. The molecule has 1 unspecified atom stereocenters. The highest BCUT2D eigenvalue weighted by Gasteiger charge is 2.23. The first kappa shape index (κ1) is 21.2. The molecule has 0 radical (unpaired) electrons. The molecule has 0 aliphatic rings. The molecule has 0 saturated heterocycles. The van der Waals surface area contributed by atoms with Crippen molar-refractivity contribution < 1.29 is 14.3 Å². The molecule has 0 bridgehead atoms. The van der Waals surface area contributed by atoms with Gasteiger partial charge in [-0.1, -0.05) is 36.4 Å². The van der Waals surface area contributed by atoms with Gasteiger partial charge in [-0.2, -0.15) is 5.10 Å². The molecular weight excluding hydrogens is 352 g/mol. The van der Waals surface area contributed by atoms with Crippen LogP contribution in [0.3, 0.4) is 0 Å². The molecule has 0 N–H and O–H groups in total. The van der Waals surface area contributed by atoms with Gasteiger partial charge in [0.1, 0.15) is 5.75 Å². The van der Waals surface area contributed by atoms with Crippen molar-refractivity contribution in [2.45, 2.75) is 33.1 Å². The van der Waals surface area contributed by atoms with E-state index < -0.39 is 5.92 Å². The highest BCUT2D eigenvalue weighted by atomic mass is 16.5. The van der Waals surface area contributed by atoms with E-state index in [2.05, 4.69) is 11.7 Å². The van der Waals surface area contributed by atoms with Gasteiger partial charge in [0.05, 0.1) is 25.3 Å². The van der Waals surface area contributed by atoms with E-state index in [4.69, 9.17) is 9.47 Å². The Labute approximate surface area is 167 Å². The number of carbonyl (C=O) groups is 1. The second kappa shape index (κ2) is 10.3. The van der Waals surface area contributed by atoms with Gasteiger partial charge in [0, 0.05) is 18.3 Å². The molecule has 2 rings (SSSR count). The number of hydrogen-bond acceptors (Lipinski definition) is 5. The van der Waals surface area contributed by atoms with Crippen molar-refractivity contribution in [1.29, 1.82) is 0 Å². The fraction of sp³-hybridized carbons (Fsp3) is 0.304. The Balaban J connectivity index is 2.25. The molecule has 2 aromatic rings. The van der Waals surface area contributed by atoms with Crippen molar-refractivity contribution in [3.8, 4) is 5.75 Å². The quantitative estimate of drug-likeness (QED) is 0.346. The normalized spacial score (nSPS) is 12.2. The number of aryl methyl sites for hydroxylation is 1. The Hall–Kier alpha value is -3.08. The minimum absolute atomic E-state index is 0.239. The Morgan fingerprint density at radius 2 is 1.96 bits per heavy atom. The first-order chi connectivity index (χ1) is 13.5. The van der Waals surface area contributed by atoms with E-state index in [1.807, 2.05) is 69.3 Å². The van der Waals surface area contributed by atoms with Crippen LogP contribution in [0.4, 0.5) is 5.69 Å². The summed E-state index contributed by atoms with van der Waals surface area (Å²) >= 11 is 0. The van der Waals surface area contributed by atoms with Gasteiger partial charge in [0.15, 0.2) is 0 Å². The molecule has 0 aliphatic carbocycles. The fourth-order valence-corrected chi connectivity index (χ4v) is 2.93. The van der Waals surface area contributed by atoms with Crippen LogP contribution in [0.5, 0.6) is 5.75 Å². The summed E-state index contributed by atoms with van der Waals surface area (Å²) in [5, 5.41) is 6.32.